The molecular formula is C23H25F4N5. The molecule has 1 aliphatic rings. The third kappa shape index (κ3) is 4.62. The molecule has 0 bridgehead atoms. The molecule has 0 aliphatic heterocycles. The van der Waals surface area contributed by atoms with Crippen molar-refractivity contribution in [1.82, 2.24) is 15.3 Å². The summed E-state index contributed by atoms with van der Waals surface area (Å²) >= 11 is 0. The minimum absolute atomic E-state index is 0.0668. The summed E-state index contributed by atoms with van der Waals surface area (Å²) < 4.78 is 53.8. The summed E-state index contributed by atoms with van der Waals surface area (Å²) in [5, 5.41) is 7.52. The van der Waals surface area contributed by atoms with Gasteiger partial charge in [-0.15, -0.1) is 0 Å². The number of nitrogens with zero attached hydrogens (tertiary/aromatic N) is 3. The van der Waals surface area contributed by atoms with Crippen molar-refractivity contribution in [3.8, 4) is 0 Å². The van der Waals surface area contributed by atoms with Gasteiger partial charge in [-0.05, 0) is 43.9 Å². The van der Waals surface area contributed by atoms with Gasteiger partial charge in [0, 0.05) is 43.7 Å². The van der Waals surface area contributed by atoms with Crippen molar-refractivity contribution in [2.45, 2.75) is 44.3 Å². The van der Waals surface area contributed by atoms with Gasteiger partial charge in [-0.25, -0.2) is 22.5 Å². The number of nitrogens with one attached hydrogen (secondary N) is 2. The van der Waals surface area contributed by atoms with Crippen LogP contribution in [-0.2, 0) is 6.54 Å². The zero-order valence-electron chi connectivity index (χ0n) is 17.9. The lowest BCUT2D eigenvalue weighted by molar-refractivity contribution is 0.346. The van der Waals surface area contributed by atoms with Crippen LogP contribution in [0.4, 0.5) is 29.3 Å². The minimum atomic E-state index is -1.79. The Kier molecular flexibility index (Phi) is 6.45. The van der Waals surface area contributed by atoms with Crippen molar-refractivity contribution in [2.75, 3.05) is 24.3 Å². The first-order chi connectivity index (χ1) is 15.3. The van der Waals surface area contributed by atoms with Gasteiger partial charge in [-0.1, -0.05) is 12.1 Å². The van der Waals surface area contributed by atoms with Gasteiger partial charge in [0.15, 0.2) is 23.3 Å². The molecule has 0 saturated heterocycles. The molecule has 5 nitrogen and oxygen atoms in total. The lowest BCUT2D eigenvalue weighted by atomic mass is 9.91. The van der Waals surface area contributed by atoms with Crippen molar-refractivity contribution < 1.29 is 17.6 Å². The molecule has 1 saturated carbocycles. The number of rotatable bonds is 6. The predicted molar refractivity (Wildman–Crippen MR) is 117 cm³/mol. The molecule has 0 unspecified atom stereocenters. The zero-order valence-corrected chi connectivity index (χ0v) is 17.9. The fourth-order valence-electron chi connectivity index (χ4n) is 4.09. The summed E-state index contributed by atoms with van der Waals surface area (Å²) in [7, 11) is 3.88. The molecule has 3 aromatic rings. The molecule has 2 aromatic carbocycles. The number of aromatic nitrogens is 2. The highest BCUT2D eigenvalue weighted by molar-refractivity contribution is 5.90. The van der Waals surface area contributed by atoms with E-state index >= 15 is 0 Å². The van der Waals surface area contributed by atoms with E-state index in [1.54, 1.807) is 0 Å². The fraction of sp³-hybridized carbons (Fsp3) is 0.391. The molecule has 170 valence electrons. The standard InChI is InChI=1S/C23H25F4N5/c1-32(2)22-16-5-3-4-6-18(16)30-23(31-22)29-15-9-7-14(8-10-15)28-12-13-11-17(24)20(26)21(27)19(13)25/h3-6,11,14-15,28H,7-10,12H2,1-2H3,(H,29,30,31). The Morgan fingerprint density at radius 3 is 2.31 bits per heavy atom. The smallest absolute Gasteiger partial charge is 0.225 e. The maximum atomic E-state index is 13.9. The SMILES string of the molecule is CN(C)c1nc(NC2CCC(NCc3cc(F)c(F)c(F)c3F)CC2)nc2ccccc12. The maximum Gasteiger partial charge on any atom is 0.225 e. The summed E-state index contributed by atoms with van der Waals surface area (Å²) in [6.07, 6.45) is 3.25. The van der Waals surface area contributed by atoms with Crippen LogP contribution in [0.5, 0.6) is 0 Å². The van der Waals surface area contributed by atoms with Gasteiger partial charge in [-0.2, -0.15) is 4.98 Å². The Morgan fingerprint density at radius 1 is 0.906 bits per heavy atom. The molecule has 1 heterocycles. The third-order valence-corrected chi connectivity index (χ3v) is 5.83. The van der Waals surface area contributed by atoms with E-state index in [-0.39, 0.29) is 24.2 Å². The number of hydrogen-bond donors (Lipinski definition) is 2. The average Bonchev–Trinajstić information content (AvgIpc) is 2.79. The highest BCUT2D eigenvalue weighted by atomic mass is 19.2. The van der Waals surface area contributed by atoms with Crippen LogP contribution in [-0.4, -0.2) is 36.1 Å². The molecule has 4 rings (SSSR count). The number of fused-ring (bicyclic) bond motifs is 1. The molecule has 0 radical (unpaired) electrons. The molecule has 1 fully saturated rings. The van der Waals surface area contributed by atoms with Crippen molar-refractivity contribution in [3.05, 3.63) is 59.2 Å². The molecule has 2 N–H and O–H groups in total. The molecular weight excluding hydrogens is 422 g/mol. The van der Waals surface area contributed by atoms with E-state index in [0.717, 1.165) is 42.4 Å². The third-order valence-electron chi connectivity index (χ3n) is 5.83. The van der Waals surface area contributed by atoms with Crippen LogP contribution in [0.2, 0.25) is 0 Å². The van der Waals surface area contributed by atoms with E-state index in [4.69, 9.17) is 0 Å². The molecule has 32 heavy (non-hydrogen) atoms. The number of para-hydroxylation sites is 1. The second-order valence-corrected chi connectivity index (χ2v) is 8.32. The van der Waals surface area contributed by atoms with Crippen molar-refractivity contribution >= 4 is 22.7 Å². The van der Waals surface area contributed by atoms with Gasteiger partial charge in [0.25, 0.3) is 0 Å². The van der Waals surface area contributed by atoms with Crippen LogP contribution in [0.15, 0.2) is 30.3 Å². The highest BCUT2D eigenvalue weighted by Gasteiger charge is 2.24. The van der Waals surface area contributed by atoms with Crippen molar-refractivity contribution in [1.29, 1.82) is 0 Å². The van der Waals surface area contributed by atoms with E-state index in [2.05, 4.69) is 20.6 Å². The maximum absolute atomic E-state index is 13.9. The monoisotopic (exact) mass is 447 g/mol. The van der Waals surface area contributed by atoms with E-state index < -0.39 is 23.3 Å². The molecule has 9 heteroatoms. The first kappa shape index (κ1) is 22.3. The summed E-state index contributed by atoms with van der Waals surface area (Å²) in [5.74, 6) is -4.89. The number of halogens is 4. The summed E-state index contributed by atoms with van der Waals surface area (Å²) in [4.78, 5) is 11.3. The second kappa shape index (κ2) is 9.28. The summed E-state index contributed by atoms with van der Waals surface area (Å²) in [5.41, 5.74) is 0.646. The van der Waals surface area contributed by atoms with Crippen LogP contribution in [0.3, 0.4) is 0 Å². The van der Waals surface area contributed by atoms with Gasteiger partial charge in [0.05, 0.1) is 5.52 Å². The summed E-state index contributed by atoms with van der Waals surface area (Å²) in [6, 6.07) is 8.80. The topological polar surface area (TPSA) is 53.1 Å². The Labute approximate surface area is 183 Å². The fourth-order valence-corrected chi connectivity index (χ4v) is 4.09. The van der Waals surface area contributed by atoms with Gasteiger partial charge in [0.1, 0.15) is 5.82 Å². The van der Waals surface area contributed by atoms with Gasteiger partial charge in [-0.3, -0.25) is 0 Å². The Morgan fingerprint density at radius 2 is 1.59 bits per heavy atom. The van der Waals surface area contributed by atoms with Crippen LogP contribution in [0, 0.1) is 23.3 Å². The average molecular weight is 447 g/mol. The van der Waals surface area contributed by atoms with Gasteiger partial charge < -0.3 is 15.5 Å². The van der Waals surface area contributed by atoms with Crippen molar-refractivity contribution in [2.24, 2.45) is 0 Å². The van der Waals surface area contributed by atoms with Gasteiger partial charge in [0.2, 0.25) is 5.95 Å². The van der Waals surface area contributed by atoms with E-state index in [1.807, 2.05) is 43.3 Å². The van der Waals surface area contributed by atoms with E-state index in [1.165, 1.54) is 0 Å². The normalized spacial score (nSPS) is 18.7. The quantitative estimate of drug-likeness (QED) is 0.324. The largest absolute Gasteiger partial charge is 0.362 e. The van der Waals surface area contributed by atoms with Crippen LogP contribution in [0.25, 0.3) is 10.9 Å². The molecule has 0 spiro atoms. The Bertz CT molecular complexity index is 1110. The predicted octanol–water partition coefficient (Wildman–Crippen LogP) is 4.77. The number of hydrogen-bond acceptors (Lipinski definition) is 5. The van der Waals surface area contributed by atoms with Crippen LogP contribution >= 0.6 is 0 Å². The van der Waals surface area contributed by atoms with Crippen LogP contribution in [0.1, 0.15) is 31.2 Å². The number of benzene rings is 2. The summed E-state index contributed by atoms with van der Waals surface area (Å²) in [6.45, 7) is -0.0668. The lowest BCUT2D eigenvalue weighted by Crippen LogP contribution is -2.37. The Balaban J connectivity index is 1.36. The molecule has 1 aliphatic carbocycles. The van der Waals surface area contributed by atoms with E-state index in [9.17, 15) is 17.6 Å². The highest BCUT2D eigenvalue weighted by Crippen LogP contribution is 2.27. The van der Waals surface area contributed by atoms with Gasteiger partial charge >= 0.3 is 0 Å². The lowest BCUT2D eigenvalue weighted by Gasteiger charge is -2.30. The minimum Gasteiger partial charge on any atom is -0.362 e. The first-order valence-electron chi connectivity index (χ1n) is 10.6. The second-order valence-electron chi connectivity index (χ2n) is 8.32. The Hall–Kier alpha value is -2.94. The first-order valence-corrected chi connectivity index (χ1v) is 10.6. The van der Waals surface area contributed by atoms with Crippen molar-refractivity contribution in [3.63, 3.8) is 0 Å². The number of anilines is 2. The van der Waals surface area contributed by atoms with Crippen LogP contribution < -0.4 is 15.5 Å². The molecule has 1 aromatic heterocycles. The zero-order chi connectivity index (χ0) is 22.8. The molecule has 0 amide bonds. The van der Waals surface area contributed by atoms with E-state index in [0.29, 0.717) is 12.0 Å². The molecule has 0 atom stereocenters.